The highest BCUT2D eigenvalue weighted by Crippen LogP contribution is 2.26. The number of esters is 1. The summed E-state index contributed by atoms with van der Waals surface area (Å²) in [6.07, 6.45) is 3.38. The molecule has 0 unspecified atom stereocenters. The summed E-state index contributed by atoms with van der Waals surface area (Å²) >= 11 is 6.07. The van der Waals surface area contributed by atoms with Crippen molar-refractivity contribution in [2.75, 3.05) is 19.0 Å². The van der Waals surface area contributed by atoms with Gasteiger partial charge in [-0.15, -0.1) is 0 Å². The first-order valence-corrected chi connectivity index (χ1v) is 6.19. The molecule has 0 aliphatic rings. The number of hydrogen-bond acceptors (Lipinski definition) is 3. The van der Waals surface area contributed by atoms with Gasteiger partial charge in [-0.3, -0.25) is 0 Å². The van der Waals surface area contributed by atoms with Gasteiger partial charge >= 0.3 is 5.97 Å². The van der Waals surface area contributed by atoms with E-state index in [-0.39, 0.29) is 5.97 Å². The summed E-state index contributed by atoms with van der Waals surface area (Å²) in [4.78, 5) is 11.6. The van der Waals surface area contributed by atoms with Crippen molar-refractivity contribution in [1.29, 1.82) is 0 Å². The molecule has 0 bridgehead atoms. The normalized spacial score (nSPS) is 10.1. The number of anilines is 1. The third-order valence-electron chi connectivity index (χ3n) is 2.50. The van der Waals surface area contributed by atoms with Gasteiger partial charge in [0.05, 0.1) is 23.4 Å². The lowest BCUT2D eigenvalue weighted by Gasteiger charge is -2.12. The summed E-state index contributed by atoms with van der Waals surface area (Å²) in [6, 6.07) is 5.21. The second kappa shape index (κ2) is 7.17. The van der Waals surface area contributed by atoms with Gasteiger partial charge in [0.25, 0.3) is 0 Å². The first-order chi connectivity index (χ1) is 8.20. The minimum atomic E-state index is -0.370. The Morgan fingerprint density at radius 2 is 2.18 bits per heavy atom. The lowest BCUT2D eigenvalue weighted by molar-refractivity contribution is 0.0602. The van der Waals surface area contributed by atoms with E-state index in [0.29, 0.717) is 16.3 Å². The molecule has 0 amide bonds. The van der Waals surface area contributed by atoms with E-state index in [4.69, 9.17) is 16.3 Å². The first-order valence-electron chi connectivity index (χ1n) is 5.81. The van der Waals surface area contributed by atoms with Crippen LogP contribution in [0, 0.1) is 0 Å². The number of methoxy groups -OCH3 is 1. The Hall–Kier alpha value is -1.22. The third kappa shape index (κ3) is 3.93. The molecule has 1 rings (SSSR count). The van der Waals surface area contributed by atoms with Crippen LogP contribution in [0.15, 0.2) is 18.2 Å². The number of hydrogen-bond donors (Lipinski definition) is 1. The summed E-state index contributed by atoms with van der Waals surface area (Å²) in [5, 5.41) is 3.74. The second-order valence-electron chi connectivity index (χ2n) is 3.79. The van der Waals surface area contributed by atoms with E-state index in [2.05, 4.69) is 12.2 Å². The average Bonchev–Trinajstić information content (AvgIpc) is 2.35. The summed E-state index contributed by atoms with van der Waals surface area (Å²) < 4.78 is 4.72. The number of rotatable bonds is 6. The summed E-state index contributed by atoms with van der Waals surface area (Å²) in [5.41, 5.74) is 1.15. The zero-order valence-electron chi connectivity index (χ0n) is 10.3. The van der Waals surface area contributed by atoms with Crippen LogP contribution in [0.5, 0.6) is 0 Å². The molecule has 1 aromatic rings. The molecule has 3 nitrogen and oxygen atoms in total. The van der Waals surface area contributed by atoms with E-state index in [0.717, 1.165) is 25.8 Å². The van der Waals surface area contributed by atoms with Crippen LogP contribution < -0.4 is 5.32 Å². The van der Waals surface area contributed by atoms with Gasteiger partial charge in [-0.2, -0.15) is 0 Å². The van der Waals surface area contributed by atoms with Gasteiger partial charge in [0.1, 0.15) is 0 Å². The summed E-state index contributed by atoms with van der Waals surface area (Å²) in [6.45, 7) is 2.96. The molecule has 0 aromatic heterocycles. The fourth-order valence-electron chi connectivity index (χ4n) is 1.57. The maximum absolute atomic E-state index is 11.6. The van der Waals surface area contributed by atoms with Crippen LogP contribution in [-0.4, -0.2) is 19.6 Å². The van der Waals surface area contributed by atoms with Crippen molar-refractivity contribution >= 4 is 23.3 Å². The predicted molar refractivity (Wildman–Crippen MR) is 70.8 cm³/mol. The van der Waals surface area contributed by atoms with Crippen LogP contribution >= 0.6 is 11.6 Å². The Morgan fingerprint density at radius 3 is 2.82 bits per heavy atom. The molecule has 0 aliphatic heterocycles. The molecule has 4 heteroatoms. The number of ether oxygens (including phenoxy) is 1. The quantitative estimate of drug-likeness (QED) is 0.622. The molecule has 0 aliphatic carbocycles. The Balaban J connectivity index is 2.77. The average molecular weight is 256 g/mol. The SMILES string of the molecule is CCCCCNc1c(Cl)cccc1C(=O)OC. The van der Waals surface area contributed by atoms with Gasteiger partial charge in [0.2, 0.25) is 0 Å². The number of benzene rings is 1. The number of halogens is 1. The van der Waals surface area contributed by atoms with Crippen LogP contribution in [0.4, 0.5) is 5.69 Å². The van der Waals surface area contributed by atoms with Crippen molar-refractivity contribution in [2.45, 2.75) is 26.2 Å². The molecule has 0 atom stereocenters. The Morgan fingerprint density at radius 1 is 1.41 bits per heavy atom. The van der Waals surface area contributed by atoms with Crippen molar-refractivity contribution in [2.24, 2.45) is 0 Å². The van der Waals surface area contributed by atoms with E-state index < -0.39 is 0 Å². The monoisotopic (exact) mass is 255 g/mol. The Bertz CT molecular complexity index is 380. The Labute approximate surface area is 107 Å². The smallest absolute Gasteiger partial charge is 0.340 e. The van der Waals surface area contributed by atoms with Gasteiger partial charge in [0.15, 0.2) is 0 Å². The number of para-hydroxylation sites is 1. The molecule has 17 heavy (non-hydrogen) atoms. The van der Waals surface area contributed by atoms with E-state index >= 15 is 0 Å². The number of nitrogens with one attached hydrogen (secondary N) is 1. The zero-order valence-corrected chi connectivity index (χ0v) is 11.0. The van der Waals surface area contributed by atoms with E-state index in [1.54, 1.807) is 18.2 Å². The van der Waals surface area contributed by atoms with Gasteiger partial charge in [-0.05, 0) is 18.6 Å². The largest absolute Gasteiger partial charge is 0.465 e. The molecule has 0 spiro atoms. The van der Waals surface area contributed by atoms with Crippen molar-refractivity contribution in [1.82, 2.24) is 0 Å². The highest BCUT2D eigenvalue weighted by molar-refractivity contribution is 6.34. The highest BCUT2D eigenvalue weighted by atomic mass is 35.5. The fourth-order valence-corrected chi connectivity index (χ4v) is 1.81. The minimum absolute atomic E-state index is 0.370. The summed E-state index contributed by atoms with van der Waals surface area (Å²) in [5.74, 6) is -0.370. The van der Waals surface area contributed by atoms with Gasteiger partial charge < -0.3 is 10.1 Å². The van der Waals surface area contributed by atoms with Gasteiger partial charge in [-0.1, -0.05) is 37.4 Å². The standard InChI is InChI=1S/C13H18ClNO2/c1-3-4-5-9-15-12-10(13(16)17-2)7-6-8-11(12)14/h6-8,15H,3-5,9H2,1-2H3. The van der Waals surface area contributed by atoms with Crippen molar-refractivity contribution in [3.63, 3.8) is 0 Å². The molecular formula is C13H18ClNO2. The van der Waals surface area contributed by atoms with E-state index in [1.165, 1.54) is 7.11 Å². The zero-order chi connectivity index (χ0) is 12.7. The first kappa shape index (κ1) is 13.8. The second-order valence-corrected chi connectivity index (χ2v) is 4.20. The Kier molecular flexibility index (Phi) is 5.84. The van der Waals surface area contributed by atoms with Gasteiger partial charge in [-0.25, -0.2) is 4.79 Å². The van der Waals surface area contributed by atoms with Crippen molar-refractivity contribution in [3.8, 4) is 0 Å². The molecule has 0 saturated heterocycles. The number of carbonyl (C=O) groups is 1. The van der Waals surface area contributed by atoms with Crippen LogP contribution in [-0.2, 0) is 4.74 Å². The fraction of sp³-hybridized carbons (Fsp3) is 0.462. The number of unbranched alkanes of at least 4 members (excludes halogenated alkanes) is 2. The van der Waals surface area contributed by atoms with Crippen LogP contribution in [0.3, 0.4) is 0 Å². The molecule has 1 aromatic carbocycles. The van der Waals surface area contributed by atoms with Crippen LogP contribution in [0.1, 0.15) is 36.5 Å². The molecule has 0 saturated carbocycles. The maximum atomic E-state index is 11.6. The maximum Gasteiger partial charge on any atom is 0.340 e. The molecule has 1 N–H and O–H groups in total. The van der Waals surface area contributed by atoms with E-state index in [9.17, 15) is 4.79 Å². The minimum Gasteiger partial charge on any atom is -0.465 e. The van der Waals surface area contributed by atoms with Crippen LogP contribution in [0.2, 0.25) is 5.02 Å². The molecular weight excluding hydrogens is 238 g/mol. The van der Waals surface area contributed by atoms with Crippen molar-refractivity contribution < 1.29 is 9.53 Å². The molecule has 0 heterocycles. The topological polar surface area (TPSA) is 38.3 Å². The number of carbonyl (C=O) groups excluding carboxylic acids is 1. The molecule has 94 valence electrons. The predicted octanol–water partition coefficient (Wildman–Crippen LogP) is 3.73. The molecule has 0 fully saturated rings. The highest BCUT2D eigenvalue weighted by Gasteiger charge is 2.13. The van der Waals surface area contributed by atoms with Crippen LogP contribution in [0.25, 0.3) is 0 Å². The summed E-state index contributed by atoms with van der Waals surface area (Å²) in [7, 11) is 1.37. The molecule has 0 radical (unpaired) electrons. The van der Waals surface area contributed by atoms with Crippen molar-refractivity contribution in [3.05, 3.63) is 28.8 Å². The van der Waals surface area contributed by atoms with Gasteiger partial charge in [0, 0.05) is 6.54 Å². The lowest BCUT2D eigenvalue weighted by atomic mass is 10.1. The van der Waals surface area contributed by atoms with E-state index in [1.807, 2.05) is 0 Å². The third-order valence-corrected chi connectivity index (χ3v) is 2.82. The lowest BCUT2D eigenvalue weighted by Crippen LogP contribution is -2.09.